The van der Waals surface area contributed by atoms with Crippen LogP contribution in [-0.4, -0.2) is 39.0 Å². The second-order valence-corrected chi connectivity index (χ2v) is 5.15. The van der Waals surface area contributed by atoms with Gasteiger partial charge in [0.15, 0.2) is 0 Å². The van der Waals surface area contributed by atoms with Gasteiger partial charge in [0.1, 0.15) is 17.9 Å². The van der Waals surface area contributed by atoms with Crippen LogP contribution in [0.4, 0.5) is 5.82 Å². The molecule has 1 saturated heterocycles. The molecule has 3 rings (SSSR count). The minimum atomic E-state index is 0.479. The Balaban J connectivity index is 1.47. The van der Waals surface area contributed by atoms with Crippen molar-refractivity contribution in [3.63, 3.8) is 0 Å². The van der Waals surface area contributed by atoms with E-state index >= 15 is 0 Å². The van der Waals surface area contributed by atoms with Crippen molar-refractivity contribution >= 4 is 5.82 Å². The zero-order valence-electron chi connectivity index (χ0n) is 11.6. The van der Waals surface area contributed by atoms with E-state index in [1.807, 2.05) is 13.0 Å². The molecule has 6 nitrogen and oxygen atoms in total. The quantitative estimate of drug-likeness (QED) is 0.917. The van der Waals surface area contributed by atoms with Crippen molar-refractivity contribution in [2.24, 2.45) is 0 Å². The molecular formula is C14H19N5O. The molecule has 2 aromatic heterocycles. The standard InChI is InChI=1S/C14H19N5O/c1-11-8-16-14(20-11)9-19-6-3-12(4-7-19)18-13-2-5-15-10-17-13/h2,5,8,10,12H,3-4,6-7,9H2,1H3,(H,15,17,18). The number of oxazole rings is 1. The molecule has 1 N–H and O–H groups in total. The van der Waals surface area contributed by atoms with Crippen molar-refractivity contribution in [1.29, 1.82) is 0 Å². The van der Waals surface area contributed by atoms with Gasteiger partial charge in [0.05, 0.1) is 12.7 Å². The van der Waals surface area contributed by atoms with Gasteiger partial charge in [-0.15, -0.1) is 0 Å². The van der Waals surface area contributed by atoms with E-state index in [-0.39, 0.29) is 0 Å². The van der Waals surface area contributed by atoms with Crippen LogP contribution in [0.15, 0.2) is 29.2 Å². The molecule has 106 valence electrons. The highest BCUT2D eigenvalue weighted by atomic mass is 16.4. The van der Waals surface area contributed by atoms with Crippen molar-refractivity contribution < 1.29 is 4.42 Å². The fourth-order valence-electron chi connectivity index (χ4n) is 2.49. The van der Waals surface area contributed by atoms with E-state index in [1.54, 1.807) is 18.7 Å². The predicted molar refractivity (Wildman–Crippen MR) is 75.2 cm³/mol. The number of aromatic nitrogens is 3. The van der Waals surface area contributed by atoms with E-state index in [1.165, 1.54) is 0 Å². The smallest absolute Gasteiger partial charge is 0.208 e. The summed E-state index contributed by atoms with van der Waals surface area (Å²) in [6.45, 7) is 4.82. The van der Waals surface area contributed by atoms with Gasteiger partial charge in [0.25, 0.3) is 0 Å². The number of rotatable bonds is 4. The third-order valence-electron chi connectivity index (χ3n) is 3.55. The molecule has 3 heterocycles. The van der Waals surface area contributed by atoms with E-state index in [2.05, 4.69) is 25.2 Å². The van der Waals surface area contributed by atoms with Crippen molar-refractivity contribution in [2.45, 2.75) is 32.4 Å². The molecule has 0 amide bonds. The lowest BCUT2D eigenvalue weighted by Gasteiger charge is -2.31. The minimum Gasteiger partial charge on any atom is -0.445 e. The van der Waals surface area contributed by atoms with Gasteiger partial charge in [0, 0.05) is 25.3 Å². The molecule has 0 aliphatic carbocycles. The topological polar surface area (TPSA) is 67.1 Å². The van der Waals surface area contributed by atoms with Crippen LogP contribution >= 0.6 is 0 Å². The lowest BCUT2D eigenvalue weighted by Crippen LogP contribution is -2.38. The Labute approximate surface area is 118 Å². The second-order valence-electron chi connectivity index (χ2n) is 5.15. The van der Waals surface area contributed by atoms with Crippen molar-refractivity contribution in [2.75, 3.05) is 18.4 Å². The Morgan fingerprint density at radius 3 is 2.85 bits per heavy atom. The molecule has 0 radical (unpaired) electrons. The van der Waals surface area contributed by atoms with Crippen molar-refractivity contribution in [3.8, 4) is 0 Å². The Morgan fingerprint density at radius 2 is 2.20 bits per heavy atom. The van der Waals surface area contributed by atoms with Gasteiger partial charge in [0.2, 0.25) is 5.89 Å². The highest BCUT2D eigenvalue weighted by Crippen LogP contribution is 2.16. The first-order chi connectivity index (χ1) is 9.79. The maximum absolute atomic E-state index is 5.52. The number of nitrogens with one attached hydrogen (secondary N) is 1. The molecule has 0 saturated carbocycles. The van der Waals surface area contributed by atoms with E-state index < -0.39 is 0 Å². The van der Waals surface area contributed by atoms with Gasteiger partial charge in [-0.2, -0.15) is 0 Å². The van der Waals surface area contributed by atoms with E-state index in [9.17, 15) is 0 Å². The van der Waals surface area contributed by atoms with Gasteiger partial charge in [-0.05, 0) is 25.8 Å². The Bertz CT molecular complexity index is 534. The highest BCUT2D eigenvalue weighted by Gasteiger charge is 2.20. The normalized spacial score (nSPS) is 17.2. The zero-order chi connectivity index (χ0) is 13.8. The number of anilines is 1. The monoisotopic (exact) mass is 273 g/mol. The number of hydrogen-bond acceptors (Lipinski definition) is 6. The fraction of sp³-hybridized carbons (Fsp3) is 0.500. The summed E-state index contributed by atoms with van der Waals surface area (Å²) >= 11 is 0. The average Bonchev–Trinajstić information content (AvgIpc) is 2.88. The molecule has 0 aromatic carbocycles. The molecule has 1 fully saturated rings. The van der Waals surface area contributed by atoms with Crippen LogP contribution in [0.3, 0.4) is 0 Å². The Morgan fingerprint density at radius 1 is 1.35 bits per heavy atom. The van der Waals surface area contributed by atoms with Gasteiger partial charge in [-0.3, -0.25) is 4.90 Å². The number of likely N-dealkylation sites (tertiary alicyclic amines) is 1. The molecular weight excluding hydrogens is 254 g/mol. The summed E-state index contributed by atoms with van der Waals surface area (Å²) in [7, 11) is 0. The largest absolute Gasteiger partial charge is 0.445 e. The molecule has 0 unspecified atom stereocenters. The molecule has 1 aliphatic heterocycles. The summed E-state index contributed by atoms with van der Waals surface area (Å²) in [5.74, 6) is 2.59. The molecule has 6 heteroatoms. The molecule has 0 bridgehead atoms. The third-order valence-corrected chi connectivity index (χ3v) is 3.55. The first-order valence-electron chi connectivity index (χ1n) is 6.96. The molecule has 0 spiro atoms. The number of piperidine rings is 1. The summed E-state index contributed by atoms with van der Waals surface area (Å²) in [5.41, 5.74) is 0. The first kappa shape index (κ1) is 13.1. The molecule has 20 heavy (non-hydrogen) atoms. The van der Waals surface area contributed by atoms with Crippen LogP contribution in [-0.2, 0) is 6.54 Å². The minimum absolute atomic E-state index is 0.479. The zero-order valence-corrected chi connectivity index (χ0v) is 11.6. The third kappa shape index (κ3) is 3.33. The Hall–Kier alpha value is -1.95. The van der Waals surface area contributed by atoms with Crippen LogP contribution in [0.1, 0.15) is 24.5 Å². The van der Waals surface area contributed by atoms with Crippen LogP contribution in [0.5, 0.6) is 0 Å². The van der Waals surface area contributed by atoms with Gasteiger partial charge < -0.3 is 9.73 Å². The van der Waals surface area contributed by atoms with Crippen LogP contribution in [0, 0.1) is 6.92 Å². The molecule has 2 aromatic rings. The van der Waals surface area contributed by atoms with E-state index in [0.717, 1.165) is 49.9 Å². The summed E-state index contributed by atoms with van der Waals surface area (Å²) in [5, 5.41) is 3.45. The predicted octanol–water partition coefficient (Wildman–Crippen LogP) is 1.85. The summed E-state index contributed by atoms with van der Waals surface area (Å²) in [6.07, 6.45) is 7.31. The van der Waals surface area contributed by atoms with Gasteiger partial charge >= 0.3 is 0 Å². The second kappa shape index (κ2) is 6.00. The van der Waals surface area contributed by atoms with Crippen LogP contribution in [0.2, 0.25) is 0 Å². The molecule has 1 aliphatic rings. The maximum Gasteiger partial charge on any atom is 0.208 e. The lowest BCUT2D eigenvalue weighted by atomic mass is 10.1. The highest BCUT2D eigenvalue weighted by molar-refractivity contribution is 5.33. The van der Waals surface area contributed by atoms with Crippen LogP contribution < -0.4 is 5.32 Å². The van der Waals surface area contributed by atoms with Gasteiger partial charge in [-0.25, -0.2) is 15.0 Å². The van der Waals surface area contributed by atoms with Crippen molar-refractivity contribution in [3.05, 3.63) is 36.4 Å². The summed E-state index contributed by atoms with van der Waals surface area (Å²) in [4.78, 5) is 14.8. The fourth-order valence-corrected chi connectivity index (χ4v) is 2.49. The lowest BCUT2D eigenvalue weighted by molar-refractivity contribution is 0.192. The number of aryl methyl sites for hydroxylation is 1. The first-order valence-corrected chi connectivity index (χ1v) is 6.96. The average molecular weight is 273 g/mol. The summed E-state index contributed by atoms with van der Waals surface area (Å²) in [6, 6.07) is 2.38. The van der Waals surface area contributed by atoms with Gasteiger partial charge in [-0.1, -0.05) is 0 Å². The van der Waals surface area contributed by atoms with E-state index in [0.29, 0.717) is 6.04 Å². The summed E-state index contributed by atoms with van der Waals surface area (Å²) < 4.78 is 5.52. The SMILES string of the molecule is Cc1cnc(CN2CCC(Nc3ccncn3)CC2)o1. The number of hydrogen-bond donors (Lipinski definition) is 1. The van der Waals surface area contributed by atoms with E-state index in [4.69, 9.17) is 4.42 Å². The maximum atomic E-state index is 5.52. The van der Waals surface area contributed by atoms with Crippen molar-refractivity contribution in [1.82, 2.24) is 19.9 Å². The Kier molecular flexibility index (Phi) is 3.92. The van der Waals surface area contributed by atoms with Crippen LogP contribution in [0.25, 0.3) is 0 Å². The number of nitrogens with zero attached hydrogens (tertiary/aromatic N) is 4. The molecule has 0 atom stereocenters.